The number of rotatable bonds is 8. The van der Waals surface area contributed by atoms with E-state index in [1.54, 1.807) is 24.2 Å². The zero-order valence-corrected chi connectivity index (χ0v) is 16.2. The van der Waals surface area contributed by atoms with Crippen LogP contribution in [0.5, 0.6) is 0 Å². The van der Waals surface area contributed by atoms with E-state index in [9.17, 15) is 18.0 Å². The van der Waals surface area contributed by atoms with Crippen molar-refractivity contribution in [3.8, 4) is 0 Å². The molecule has 1 aromatic heterocycles. The molecule has 0 N–H and O–H groups in total. The van der Waals surface area contributed by atoms with Crippen LogP contribution in [0.1, 0.15) is 49.1 Å². The minimum atomic E-state index is -4.39. The van der Waals surface area contributed by atoms with E-state index in [2.05, 4.69) is 16.5 Å². The lowest BCUT2D eigenvalue weighted by molar-refractivity contribution is -0.138. The molecule has 1 amide bonds. The average Bonchev–Trinajstić information content (AvgIpc) is 3.34. The smallest absolute Gasteiger partial charge is 0.345 e. The van der Waals surface area contributed by atoms with Gasteiger partial charge in [0.05, 0.1) is 5.56 Å². The minimum absolute atomic E-state index is 0.0705. The Balaban J connectivity index is 1.54. The Kier molecular flexibility index (Phi) is 6.10. The Morgan fingerprint density at radius 1 is 1.32 bits per heavy atom. The molecular formula is C21H26F3N3O. The van der Waals surface area contributed by atoms with Crippen LogP contribution >= 0.6 is 0 Å². The lowest BCUT2D eigenvalue weighted by Crippen LogP contribution is -2.30. The Morgan fingerprint density at radius 2 is 2.07 bits per heavy atom. The van der Waals surface area contributed by atoms with Crippen LogP contribution in [0.3, 0.4) is 0 Å². The molecule has 1 fully saturated rings. The van der Waals surface area contributed by atoms with E-state index in [4.69, 9.17) is 0 Å². The van der Waals surface area contributed by atoms with E-state index < -0.39 is 11.7 Å². The van der Waals surface area contributed by atoms with Gasteiger partial charge in [-0.2, -0.15) is 13.2 Å². The van der Waals surface area contributed by atoms with Crippen molar-refractivity contribution in [3.63, 3.8) is 0 Å². The van der Waals surface area contributed by atoms with E-state index in [1.165, 1.54) is 12.1 Å². The number of alkyl halides is 3. The summed E-state index contributed by atoms with van der Waals surface area (Å²) in [7, 11) is 1.73. The zero-order valence-electron chi connectivity index (χ0n) is 16.2. The summed E-state index contributed by atoms with van der Waals surface area (Å²) in [4.78, 5) is 18.6. The predicted octanol–water partition coefficient (Wildman–Crippen LogP) is 4.51. The van der Waals surface area contributed by atoms with Gasteiger partial charge in [0.2, 0.25) is 5.91 Å². The third kappa shape index (κ3) is 4.56. The molecule has 0 spiro atoms. The molecule has 0 unspecified atom stereocenters. The topological polar surface area (TPSA) is 38.1 Å². The number of imidazole rings is 1. The summed E-state index contributed by atoms with van der Waals surface area (Å²) < 4.78 is 41.7. The van der Waals surface area contributed by atoms with Crippen LogP contribution in [0.25, 0.3) is 0 Å². The van der Waals surface area contributed by atoms with Gasteiger partial charge in [-0.3, -0.25) is 4.79 Å². The van der Waals surface area contributed by atoms with Crippen LogP contribution in [0.4, 0.5) is 13.2 Å². The van der Waals surface area contributed by atoms with Crippen molar-refractivity contribution in [3.05, 3.63) is 53.6 Å². The number of amides is 1. The van der Waals surface area contributed by atoms with E-state index in [0.717, 1.165) is 37.7 Å². The molecule has 0 radical (unpaired) electrons. The second kappa shape index (κ2) is 8.37. The van der Waals surface area contributed by atoms with Crippen molar-refractivity contribution < 1.29 is 18.0 Å². The van der Waals surface area contributed by atoms with Crippen molar-refractivity contribution in [1.82, 2.24) is 14.5 Å². The van der Waals surface area contributed by atoms with Gasteiger partial charge < -0.3 is 9.47 Å². The van der Waals surface area contributed by atoms with Crippen molar-refractivity contribution in [1.29, 1.82) is 0 Å². The summed E-state index contributed by atoms with van der Waals surface area (Å²) in [5.41, 5.74) is -0.385. The minimum Gasteiger partial charge on any atom is -0.345 e. The number of aryl methyl sites for hydroxylation is 2. The number of aromatic nitrogens is 2. The second-order valence-electron chi connectivity index (χ2n) is 7.43. The Labute approximate surface area is 163 Å². The van der Waals surface area contributed by atoms with Crippen molar-refractivity contribution in [2.24, 2.45) is 5.92 Å². The molecule has 1 aliphatic rings. The lowest BCUT2D eigenvalue weighted by atomic mass is 10.0. The summed E-state index contributed by atoms with van der Waals surface area (Å²) >= 11 is 0. The van der Waals surface area contributed by atoms with Gasteiger partial charge in [0.15, 0.2) is 0 Å². The number of hydrogen-bond donors (Lipinski definition) is 0. The molecule has 0 aliphatic heterocycles. The fraction of sp³-hybridized carbons (Fsp3) is 0.524. The Bertz CT molecular complexity index is 815. The third-order valence-electron chi connectivity index (χ3n) is 5.31. The van der Waals surface area contributed by atoms with Gasteiger partial charge >= 0.3 is 6.18 Å². The van der Waals surface area contributed by atoms with Crippen LogP contribution in [0.15, 0.2) is 36.7 Å². The summed E-state index contributed by atoms with van der Waals surface area (Å²) in [6, 6.07) is 5.58. The van der Waals surface area contributed by atoms with Gasteiger partial charge in [0, 0.05) is 44.9 Å². The monoisotopic (exact) mass is 393 g/mol. The molecular weight excluding hydrogens is 367 g/mol. The summed E-state index contributed by atoms with van der Waals surface area (Å²) in [5.74, 6) is 0.247. The van der Waals surface area contributed by atoms with Crippen molar-refractivity contribution >= 4 is 5.91 Å². The van der Waals surface area contributed by atoms with E-state index in [-0.39, 0.29) is 23.3 Å². The number of carbonyl (C=O) groups is 1. The fourth-order valence-corrected chi connectivity index (χ4v) is 3.77. The van der Waals surface area contributed by atoms with Crippen LogP contribution in [-0.2, 0) is 23.9 Å². The largest absolute Gasteiger partial charge is 0.416 e. The summed E-state index contributed by atoms with van der Waals surface area (Å²) in [5, 5.41) is 0. The normalized spacial score (nSPS) is 18.9. The highest BCUT2D eigenvalue weighted by molar-refractivity contribution is 5.83. The van der Waals surface area contributed by atoms with E-state index in [0.29, 0.717) is 13.0 Å². The van der Waals surface area contributed by atoms with Gasteiger partial charge in [0.1, 0.15) is 5.82 Å². The number of hydrogen-bond acceptors (Lipinski definition) is 2. The zero-order chi connectivity index (χ0) is 20.3. The number of carbonyl (C=O) groups excluding carboxylic acids is 1. The van der Waals surface area contributed by atoms with Gasteiger partial charge in [-0.25, -0.2) is 4.98 Å². The highest BCUT2D eigenvalue weighted by Gasteiger charge is 2.48. The summed E-state index contributed by atoms with van der Waals surface area (Å²) in [6.07, 6.45) is 2.42. The Hall–Kier alpha value is -2.31. The molecule has 0 saturated heterocycles. The maximum Gasteiger partial charge on any atom is 0.416 e. The van der Waals surface area contributed by atoms with Crippen molar-refractivity contribution in [2.45, 2.75) is 51.2 Å². The van der Waals surface area contributed by atoms with E-state index in [1.807, 2.05) is 6.20 Å². The Morgan fingerprint density at radius 3 is 2.79 bits per heavy atom. The van der Waals surface area contributed by atoms with Gasteiger partial charge in [-0.1, -0.05) is 25.1 Å². The number of halogens is 3. The molecule has 7 heteroatoms. The van der Waals surface area contributed by atoms with Gasteiger partial charge in [0.25, 0.3) is 0 Å². The van der Waals surface area contributed by atoms with Gasteiger partial charge in [-0.05, 0) is 36.8 Å². The number of nitrogens with zero attached hydrogens (tertiary/aromatic N) is 3. The molecule has 1 saturated carbocycles. The molecule has 4 nitrogen and oxygen atoms in total. The van der Waals surface area contributed by atoms with Crippen LogP contribution in [-0.4, -0.2) is 34.0 Å². The van der Waals surface area contributed by atoms with E-state index >= 15 is 0 Å². The SMILES string of the molecule is CCCn1ccnc1CCCN(C)C(=O)[C@H]1C[C@H]1c1ccccc1C(F)(F)F. The van der Waals surface area contributed by atoms with Crippen LogP contribution in [0, 0.1) is 5.92 Å². The first-order chi connectivity index (χ1) is 13.3. The third-order valence-corrected chi connectivity index (χ3v) is 5.31. The maximum absolute atomic E-state index is 13.2. The van der Waals surface area contributed by atoms with Crippen LogP contribution in [0.2, 0.25) is 0 Å². The molecule has 152 valence electrons. The molecule has 2 aromatic rings. The highest BCUT2D eigenvalue weighted by atomic mass is 19.4. The molecule has 1 heterocycles. The predicted molar refractivity (Wildman–Crippen MR) is 101 cm³/mol. The number of benzene rings is 1. The first kappa shape index (κ1) is 20.4. The standard InChI is InChI=1S/C21H26F3N3O/c1-3-11-27-13-10-25-19(27)9-6-12-26(2)20(28)17-14-16(17)15-7-4-5-8-18(15)21(22,23)24/h4-5,7-8,10,13,16-17H,3,6,9,11-12,14H2,1-2H3/t16-,17-/m0/s1. The first-order valence-corrected chi connectivity index (χ1v) is 9.74. The molecule has 28 heavy (non-hydrogen) atoms. The van der Waals surface area contributed by atoms with Crippen LogP contribution < -0.4 is 0 Å². The molecule has 1 aromatic carbocycles. The van der Waals surface area contributed by atoms with Gasteiger partial charge in [-0.15, -0.1) is 0 Å². The summed E-state index contributed by atoms with van der Waals surface area (Å²) in [6.45, 7) is 3.60. The highest BCUT2D eigenvalue weighted by Crippen LogP contribution is 2.51. The van der Waals surface area contributed by atoms with Crippen molar-refractivity contribution in [2.75, 3.05) is 13.6 Å². The fourth-order valence-electron chi connectivity index (χ4n) is 3.77. The first-order valence-electron chi connectivity index (χ1n) is 9.74. The molecule has 0 bridgehead atoms. The quantitative estimate of drug-likeness (QED) is 0.662. The average molecular weight is 393 g/mol. The second-order valence-corrected chi connectivity index (χ2v) is 7.43. The lowest BCUT2D eigenvalue weighted by Gasteiger charge is -2.18. The molecule has 3 rings (SSSR count). The molecule has 1 aliphatic carbocycles. The molecule has 2 atom stereocenters. The maximum atomic E-state index is 13.2.